The van der Waals surface area contributed by atoms with E-state index in [4.69, 9.17) is 14.3 Å². The van der Waals surface area contributed by atoms with Crippen molar-refractivity contribution in [1.82, 2.24) is 0 Å². The minimum atomic E-state index is -0.922. The minimum absolute atomic E-state index is 0.00931. The van der Waals surface area contributed by atoms with Crippen molar-refractivity contribution < 1.29 is 19.1 Å². The van der Waals surface area contributed by atoms with Crippen LogP contribution in [0.2, 0.25) is 0 Å². The number of benzene rings is 1. The Morgan fingerprint density at radius 1 is 1.24 bits per heavy atom. The highest BCUT2D eigenvalue weighted by molar-refractivity contribution is 8.16. The van der Waals surface area contributed by atoms with Gasteiger partial charge in [-0.05, 0) is 48.8 Å². The number of hydrogen-bond acceptors (Lipinski definition) is 5. The molecule has 1 aliphatic heterocycles. The van der Waals surface area contributed by atoms with Crippen LogP contribution in [0, 0.1) is 11.8 Å². The first-order valence-electron chi connectivity index (χ1n) is 7.76. The van der Waals surface area contributed by atoms with Crippen LogP contribution in [0.4, 0.5) is 0 Å². The lowest BCUT2D eigenvalue weighted by Gasteiger charge is -2.36. The molecule has 4 nitrogen and oxygen atoms in total. The smallest absolute Gasteiger partial charge is 0.311 e. The summed E-state index contributed by atoms with van der Waals surface area (Å²) in [5, 5.41) is 8.78. The number of carboxylic acid groups (broad SMARTS) is 1. The number of carboxylic acids is 1. The van der Waals surface area contributed by atoms with Crippen LogP contribution in [0.1, 0.15) is 29.1 Å². The lowest BCUT2D eigenvalue weighted by atomic mass is 10.0. The Kier molecular flexibility index (Phi) is 5.36. The van der Waals surface area contributed by atoms with Crippen LogP contribution >= 0.6 is 23.5 Å². The Morgan fingerprint density at radius 2 is 2.04 bits per heavy atom. The zero-order chi connectivity index (χ0) is 17.9. The number of ether oxygens (including phenoxy) is 1. The summed E-state index contributed by atoms with van der Waals surface area (Å²) in [7, 11) is 0. The van der Waals surface area contributed by atoms with E-state index < -0.39 is 5.97 Å². The highest BCUT2D eigenvalue weighted by atomic mass is 32.2. The molecule has 6 heteroatoms. The molecule has 2 aromatic rings. The summed E-state index contributed by atoms with van der Waals surface area (Å²) in [5.74, 6) is 6.92. The summed E-state index contributed by atoms with van der Waals surface area (Å²) in [6.45, 7) is 0.721. The van der Waals surface area contributed by atoms with E-state index in [2.05, 4.69) is 30.4 Å². The van der Waals surface area contributed by atoms with Crippen LogP contribution in [-0.4, -0.2) is 30.2 Å². The molecule has 1 aromatic heterocycles. The Morgan fingerprint density at radius 3 is 2.76 bits per heavy atom. The summed E-state index contributed by atoms with van der Waals surface area (Å²) >= 11 is 3.66. The maximum atomic E-state index is 10.7. The van der Waals surface area contributed by atoms with Gasteiger partial charge in [0.15, 0.2) is 5.76 Å². The van der Waals surface area contributed by atoms with Crippen molar-refractivity contribution >= 4 is 29.5 Å². The Labute approximate surface area is 155 Å². The lowest BCUT2D eigenvalue weighted by Crippen LogP contribution is -2.26. The summed E-state index contributed by atoms with van der Waals surface area (Å²) in [4.78, 5) is 10.7. The molecule has 1 N–H and O–H groups in total. The van der Waals surface area contributed by atoms with Gasteiger partial charge in [-0.1, -0.05) is 5.92 Å². The van der Waals surface area contributed by atoms with Crippen LogP contribution < -0.4 is 4.74 Å². The van der Waals surface area contributed by atoms with Crippen LogP contribution in [0.15, 0.2) is 34.7 Å². The summed E-state index contributed by atoms with van der Waals surface area (Å²) < 4.78 is 11.2. The molecule has 0 saturated heterocycles. The van der Waals surface area contributed by atoms with E-state index >= 15 is 0 Å². The number of hydrogen-bond donors (Lipinski definition) is 1. The van der Waals surface area contributed by atoms with E-state index in [-0.39, 0.29) is 10.5 Å². The molecule has 3 rings (SSSR count). The summed E-state index contributed by atoms with van der Waals surface area (Å²) in [5.41, 5.74) is 2.05. The van der Waals surface area contributed by atoms with Crippen LogP contribution in [0.3, 0.4) is 0 Å². The zero-order valence-electron chi connectivity index (χ0n) is 14.0. The molecule has 130 valence electrons. The Balaban J connectivity index is 1.88. The van der Waals surface area contributed by atoms with Crippen molar-refractivity contribution in [2.24, 2.45) is 0 Å². The summed E-state index contributed by atoms with van der Waals surface area (Å²) in [6.07, 6.45) is 5.06. The number of rotatable bonds is 4. The van der Waals surface area contributed by atoms with Crippen molar-refractivity contribution in [1.29, 1.82) is 0 Å². The quantitative estimate of drug-likeness (QED) is 0.645. The second-order valence-electron chi connectivity index (χ2n) is 5.56. The van der Waals surface area contributed by atoms with Crippen molar-refractivity contribution in [2.45, 2.75) is 16.9 Å². The zero-order valence-corrected chi connectivity index (χ0v) is 15.6. The third kappa shape index (κ3) is 3.83. The number of fused-ring (bicyclic) bond motifs is 1. The van der Waals surface area contributed by atoms with Gasteiger partial charge in [-0.2, -0.15) is 0 Å². The maximum Gasteiger partial charge on any atom is 0.311 e. The van der Waals surface area contributed by atoms with Crippen molar-refractivity contribution in [2.75, 3.05) is 19.1 Å². The van der Waals surface area contributed by atoms with Crippen LogP contribution in [-0.2, 0) is 15.3 Å². The van der Waals surface area contributed by atoms with Gasteiger partial charge in [0.1, 0.15) is 17.9 Å². The van der Waals surface area contributed by atoms with E-state index in [1.165, 1.54) is 0 Å². The maximum absolute atomic E-state index is 10.7. The van der Waals surface area contributed by atoms with E-state index in [0.717, 1.165) is 29.9 Å². The Hall–Kier alpha value is -1.97. The van der Waals surface area contributed by atoms with Gasteiger partial charge in [-0.15, -0.1) is 23.5 Å². The molecule has 1 aliphatic rings. The van der Waals surface area contributed by atoms with Gasteiger partial charge in [0, 0.05) is 17.5 Å². The first-order chi connectivity index (χ1) is 12.1. The molecular weight excluding hydrogens is 356 g/mol. The summed E-state index contributed by atoms with van der Waals surface area (Å²) in [6, 6.07) is 9.32. The molecule has 0 fully saturated rings. The van der Waals surface area contributed by atoms with Crippen LogP contribution in [0.5, 0.6) is 5.75 Å². The highest BCUT2D eigenvalue weighted by Crippen LogP contribution is 2.52. The van der Waals surface area contributed by atoms with Crippen molar-refractivity contribution in [3.8, 4) is 17.6 Å². The molecule has 0 amide bonds. The molecule has 1 aromatic carbocycles. The number of furan rings is 1. The third-order valence-corrected chi connectivity index (χ3v) is 7.22. The van der Waals surface area contributed by atoms with Gasteiger partial charge in [0.25, 0.3) is 0 Å². The van der Waals surface area contributed by atoms with Crippen molar-refractivity contribution in [3.63, 3.8) is 0 Å². The van der Waals surface area contributed by atoms with E-state index in [1.807, 2.05) is 35.7 Å². The number of thioether (sulfide) groups is 2. The molecule has 0 bridgehead atoms. The van der Waals surface area contributed by atoms with Gasteiger partial charge >= 0.3 is 5.97 Å². The fourth-order valence-electron chi connectivity index (χ4n) is 2.79. The fourth-order valence-corrected chi connectivity index (χ4v) is 4.79. The molecule has 25 heavy (non-hydrogen) atoms. The average Bonchev–Trinajstić information content (AvgIpc) is 3.06. The van der Waals surface area contributed by atoms with Gasteiger partial charge in [0.05, 0.1) is 10.7 Å². The molecule has 0 radical (unpaired) electrons. The van der Waals surface area contributed by atoms with Gasteiger partial charge < -0.3 is 14.3 Å². The van der Waals surface area contributed by atoms with Gasteiger partial charge in [-0.3, -0.25) is 4.79 Å². The molecule has 2 heterocycles. The second kappa shape index (κ2) is 7.51. The molecular formula is C19H18O4S2. The fraction of sp³-hybridized carbons (Fsp3) is 0.316. The predicted molar refractivity (Wildman–Crippen MR) is 101 cm³/mol. The number of carbonyl (C=O) groups is 1. The van der Waals surface area contributed by atoms with Gasteiger partial charge in [-0.25, -0.2) is 0 Å². The molecule has 0 saturated carbocycles. The largest absolute Gasteiger partial charge is 0.493 e. The average molecular weight is 374 g/mol. The predicted octanol–water partition coefficient (Wildman–Crippen LogP) is 3.97. The Bertz CT molecular complexity index is 841. The molecule has 0 unspecified atom stereocenters. The van der Waals surface area contributed by atoms with E-state index in [1.54, 1.807) is 12.1 Å². The molecule has 0 atom stereocenters. The van der Waals surface area contributed by atoms with E-state index in [0.29, 0.717) is 11.5 Å². The standard InChI is InChI=1S/C19H18O4S2/c1-24-19(25-2)9-10-22-17-8-4-13(11-16(17)19)3-5-14-6-7-15(23-14)12-18(20)21/h4,6-8,11H,9-10,12H2,1-2H3,(H,20,21). The minimum Gasteiger partial charge on any atom is -0.493 e. The van der Waals surface area contributed by atoms with E-state index in [9.17, 15) is 4.79 Å². The highest BCUT2D eigenvalue weighted by Gasteiger charge is 2.36. The first-order valence-corrected chi connectivity index (χ1v) is 10.2. The monoisotopic (exact) mass is 374 g/mol. The topological polar surface area (TPSA) is 59.7 Å². The lowest BCUT2D eigenvalue weighted by molar-refractivity contribution is -0.136. The van der Waals surface area contributed by atoms with Crippen LogP contribution in [0.25, 0.3) is 0 Å². The SMILES string of the molecule is CSC1(SC)CCOc2ccc(C#Cc3ccc(CC(=O)O)o3)cc21. The number of aliphatic carboxylic acids is 1. The van der Waals surface area contributed by atoms with Crippen molar-refractivity contribution in [3.05, 3.63) is 53.0 Å². The normalized spacial score (nSPS) is 14.8. The third-order valence-electron chi connectivity index (χ3n) is 4.06. The second-order valence-corrected chi connectivity index (χ2v) is 8.03. The van der Waals surface area contributed by atoms with Gasteiger partial charge in [0.2, 0.25) is 0 Å². The first kappa shape index (κ1) is 17.8. The molecule has 0 spiro atoms. The molecule has 0 aliphatic carbocycles.